The third-order valence-corrected chi connectivity index (χ3v) is 7.66. The molecule has 0 saturated heterocycles. The molecule has 0 N–H and O–H groups in total. The number of phosphoric ester groups is 1. The molecule has 9 nitrogen and oxygen atoms in total. The molecule has 10 heteroatoms. The second-order valence-electron chi connectivity index (χ2n) is 12.2. The number of nitrogens with zero attached hydrogens (tertiary/aromatic N) is 1. The molecule has 0 rings (SSSR count). The second kappa shape index (κ2) is 26.9. The Hall–Kier alpha value is -1.51. The Morgan fingerprint density at radius 2 is 1.30 bits per heavy atom. The van der Waals surface area contributed by atoms with Crippen molar-refractivity contribution in [3.05, 3.63) is 24.3 Å². The van der Waals surface area contributed by atoms with Crippen LogP contribution in [0, 0.1) is 0 Å². The number of carbonyl (C=O) groups is 2. The minimum Gasteiger partial charge on any atom is -0.756 e. The van der Waals surface area contributed by atoms with Crippen molar-refractivity contribution in [1.82, 2.24) is 0 Å². The van der Waals surface area contributed by atoms with Gasteiger partial charge >= 0.3 is 11.9 Å². The molecule has 2 unspecified atom stereocenters. The predicted octanol–water partition coefficient (Wildman–Crippen LogP) is 7.43. The number of phosphoric acid groups is 1. The fourth-order valence-corrected chi connectivity index (χ4v) is 4.80. The maximum absolute atomic E-state index is 12.4. The van der Waals surface area contributed by atoms with Gasteiger partial charge in [-0.25, -0.2) is 0 Å². The summed E-state index contributed by atoms with van der Waals surface area (Å²) < 4.78 is 33.0. The standard InChI is InChI=1S/C33H62NO8P/c1-6-8-9-10-11-12-13-14-15-16-17-18-19-20-21-22-23-24-26-33(36)42-31(29-39-32(35)25-7-2)30-41-43(37,38)40-28-27-34(3,4)5/h12-13,15-16,31H,6-11,14,17-30H2,1-5H3/b13-12-,16-15-. The van der Waals surface area contributed by atoms with E-state index in [1.54, 1.807) is 0 Å². The van der Waals surface area contributed by atoms with E-state index in [-0.39, 0.29) is 26.1 Å². The highest BCUT2D eigenvalue weighted by Gasteiger charge is 2.21. The Kier molecular flexibility index (Phi) is 25.9. The summed E-state index contributed by atoms with van der Waals surface area (Å²) in [4.78, 5) is 36.3. The molecular formula is C33H62NO8P. The van der Waals surface area contributed by atoms with E-state index in [9.17, 15) is 19.0 Å². The van der Waals surface area contributed by atoms with Crippen LogP contribution in [-0.4, -0.2) is 70.0 Å². The highest BCUT2D eigenvalue weighted by Crippen LogP contribution is 2.38. The minimum absolute atomic E-state index is 0.0333. The van der Waals surface area contributed by atoms with E-state index in [2.05, 4.69) is 31.2 Å². The van der Waals surface area contributed by atoms with Gasteiger partial charge in [-0.2, -0.15) is 0 Å². The van der Waals surface area contributed by atoms with E-state index in [0.29, 0.717) is 23.9 Å². The predicted molar refractivity (Wildman–Crippen MR) is 171 cm³/mol. The van der Waals surface area contributed by atoms with Crippen LogP contribution in [0.25, 0.3) is 0 Å². The van der Waals surface area contributed by atoms with E-state index < -0.39 is 32.5 Å². The molecule has 0 aromatic rings. The van der Waals surface area contributed by atoms with Crippen LogP contribution in [0.15, 0.2) is 24.3 Å². The molecule has 0 bridgehead atoms. The maximum Gasteiger partial charge on any atom is 0.306 e. The van der Waals surface area contributed by atoms with Gasteiger partial charge in [-0.3, -0.25) is 14.2 Å². The molecule has 0 radical (unpaired) electrons. The number of likely N-dealkylation sites (N-methyl/N-ethyl adjacent to an activating group) is 1. The van der Waals surface area contributed by atoms with E-state index in [0.717, 1.165) is 32.1 Å². The lowest BCUT2D eigenvalue weighted by molar-refractivity contribution is -0.870. The second-order valence-corrected chi connectivity index (χ2v) is 13.6. The van der Waals surface area contributed by atoms with Gasteiger partial charge in [0.25, 0.3) is 7.82 Å². The highest BCUT2D eigenvalue weighted by molar-refractivity contribution is 7.45. The smallest absolute Gasteiger partial charge is 0.306 e. The summed E-state index contributed by atoms with van der Waals surface area (Å²) in [7, 11) is 1.15. The van der Waals surface area contributed by atoms with Crippen molar-refractivity contribution >= 4 is 19.8 Å². The number of allylic oxidation sites excluding steroid dienone is 4. The fraction of sp³-hybridized carbons (Fsp3) is 0.818. The normalized spacial score (nSPS) is 14.3. The van der Waals surface area contributed by atoms with Gasteiger partial charge in [-0.1, -0.05) is 89.5 Å². The first-order chi connectivity index (χ1) is 20.5. The molecule has 0 aromatic heterocycles. The first kappa shape index (κ1) is 41.5. The van der Waals surface area contributed by atoms with Gasteiger partial charge in [0.05, 0.1) is 27.7 Å². The van der Waals surface area contributed by atoms with Crippen molar-refractivity contribution in [1.29, 1.82) is 0 Å². The Morgan fingerprint density at radius 3 is 1.88 bits per heavy atom. The third-order valence-electron chi connectivity index (χ3n) is 6.69. The first-order valence-corrected chi connectivity index (χ1v) is 18.0. The molecule has 43 heavy (non-hydrogen) atoms. The topological polar surface area (TPSA) is 111 Å². The molecule has 0 amide bonds. The molecule has 0 saturated carbocycles. The lowest BCUT2D eigenvalue weighted by atomic mass is 10.1. The average Bonchev–Trinajstić information content (AvgIpc) is 2.93. The molecule has 2 atom stereocenters. The Balaban J connectivity index is 4.13. The number of hydrogen-bond acceptors (Lipinski definition) is 8. The van der Waals surface area contributed by atoms with Crippen molar-refractivity contribution in [2.75, 3.05) is 47.5 Å². The molecule has 0 aliphatic heterocycles. The Morgan fingerprint density at radius 1 is 0.721 bits per heavy atom. The molecule has 0 heterocycles. The minimum atomic E-state index is -4.59. The molecule has 0 aromatic carbocycles. The lowest BCUT2D eigenvalue weighted by Gasteiger charge is -2.28. The number of carbonyl (C=O) groups excluding carboxylic acids is 2. The molecular weight excluding hydrogens is 569 g/mol. The summed E-state index contributed by atoms with van der Waals surface area (Å²) in [6.45, 7) is 3.78. The summed E-state index contributed by atoms with van der Waals surface area (Å²) in [5.41, 5.74) is 0. The summed E-state index contributed by atoms with van der Waals surface area (Å²) in [6.07, 6.45) is 25.1. The quantitative estimate of drug-likeness (QED) is 0.0275. The Labute approximate surface area is 262 Å². The van der Waals surface area contributed by atoms with Crippen LogP contribution in [-0.2, 0) is 32.7 Å². The number of quaternary nitrogens is 1. The summed E-state index contributed by atoms with van der Waals surface area (Å²) in [6, 6.07) is 0. The van der Waals surface area contributed by atoms with Gasteiger partial charge in [-0.05, 0) is 44.9 Å². The van der Waals surface area contributed by atoms with Gasteiger partial charge in [-0.15, -0.1) is 0 Å². The number of unbranched alkanes of at least 4 members (excludes halogenated alkanes) is 11. The zero-order chi connectivity index (χ0) is 32.2. The van der Waals surface area contributed by atoms with E-state index >= 15 is 0 Å². The monoisotopic (exact) mass is 631 g/mol. The van der Waals surface area contributed by atoms with Crippen LogP contribution in [0.5, 0.6) is 0 Å². The molecule has 0 spiro atoms. The average molecular weight is 632 g/mol. The number of hydrogen-bond donors (Lipinski definition) is 0. The lowest BCUT2D eigenvalue weighted by Crippen LogP contribution is -2.37. The molecule has 252 valence electrons. The van der Waals surface area contributed by atoms with Crippen molar-refractivity contribution in [3.8, 4) is 0 Å². The van der Waals surface area contributed by atoms with Crippen molar-refractivity contribution in [3.63, 3.8) is 0 Å². The summed E-state index contributed by atoms with van der Waals surface area (Å²) in [5.74, 6) is -0.908. The van der Waals surface area contributed by atoms with Gasteiger partial charge in [0.2, 0.25) is 0 Å². The number of ether oxygens (including phenoxy) is 2. The van der Waals surface area contributed by atoms with Crippen molar-refractivity contribution in [2.24, 2.45) is 0 Å². The van der Waals surface area contributed by atoms with E-state index in [1.165, 1.54) is 51.4 Å². The summed E-state index contributed by atoms with van der Waals surface area (Å²) >= 11 is 0. The molecule has 0 fully saturated rings. The van der Waals surface area contributed by atoms with Crippen LogP contribution in [0.4, 0.5) is 0 Å². The number of esters is 2. The van der Waals surface area contributed by atoms with E-state index in [4.69, 9.17) is 18.5 Å². The fourth-order valence-electron chi connectivity index (χ4n) is 4.07. The van der Waals surface area contributed by atoms with Crippen LogP contribution < -0.4 is 4.89 Å². The van der Waals surface area contributed by atoms with Crippen LogP contribution in [0.3, 0.4) is 0 Å². The Bertz CT molecular complexity index is 809. The van der Waals surface area contributed by atoms with Gasteiger partial charge < -0.3 is 27.9 Å². The highest BCUT2D eigenvalue weighted by atomic mass is 31.2. The van der Waals surface area contributed by atoms with Gasteiger partial charge in [0, 0.05) is 12.8 Å². The molecule has 0 aliphatic carbocycles. The third kappa shape index (κ3) is 30.3. The van der Waals surface area contributed by atoms with Crippen LogP contribution in [0.1, 0.15) is 123 Å². The first-order valence-electron chi connectivity index (χ1n) is 16.5. The van der Waals surface area contributed by atoms with Gasteiger partial charge in [0.1, 0.15) is 19.8 Å². The zero-order valence-electron chi connectivity index (χ0n) is 27.9. The zero-order valence-corrected chi connectivity index (χ0v) is 28.8. The van der Waals surface area contributed by atoms with Crippen molar-refractivity contribution in [2.45, 2.75) is 129 Å². The van der Waals surface area contributed by atoms with Gasteiger partial charge in [0.15, 0.2) is 6.10 Å². The van der Waals surface area contributed by atoms with E-state index in [1.807, 2.05) is 28.1 Å². The van der Waals surface area contributed by atoms with Crippen molar-refractivity contribution < 1.29 is 42.1 Å². The SMILES string of the molecule is CCCCCC/C=C\C/C=C\CCCCCCCCCC(=O)OC(COC(=O)CCC)COP(=O)([O-])OCC[N+](C)(C)C. The van der Waals surface area contributed by atoms with Crippen LogP contribution >= 0.6 is 7.82 Å². The maximum atomic E-state index is 12.4. The van der Waals surface area contributed by atoms with Crippen LogP contribution in [0.2, 0.25) is 0 Å². The molecule has 0 aliphatic rings. The number of rotatable bonds is 29. The largest absolute Gasteiger partial charge is 0.756 e. The summed E-state index contributed by atoms with van der Waals surface area (Å²) in [5, 5.41) is 0.